The average Bonchev–Trinajstić information content (AvgIpc) is 2.31. The second-order valence-corrected chi connectivity index (χ2v) is 5.07. The first-order valence-electron chi connectivity index (χ1n) is 3.64. The molecular formula is C7H11BrO3S. The standard InChI is InChI=1S/C7H11BrO3S/c1-12(9,10)11-7-4-2-3-6(7)5-8/h2-3,6-7H,4-5H2,1H3/t6-,7+/m1/s1. The lowest BCUT2D eigenvalue weighted by Crippen LogP contribution is -2.22. The van der Waals surface area contributed by atoms with Crippen molar-refractivity contribution in [3.8, 4) is 0 Å². The lowest BCUT2D eigenvalue weighted by atomic mass is 10.1. The van der Waals surface area contributed by atoms with Crippen LogP contribution >= 0.6 is 15.9 Å². The Morgan fingerprint density at radius 3 is 2.83 bits per heavy atom. The second-order valence-electron chi connectivity index (χ2n) is 2.82. The maximum Gasteiger partial charge on any atom is 0.264 e. The van der Waals surface area contributed by atoms with Gasteiger partial charge in [-0.1, -0.05) is 28.1 Å². The van der Waals surface area contributed by atoms with Gasteiger partial charge in [0.2, 0.25) is 0 Å². The van der Waals surface area contributed by atoms with E-state index in [1.807, 2.05) is 12.2 Å². The van der Waals surface area contributed by atoms with Crippen LogP contribution in [0.2, 0.25) is 0 Å². The molecule has 1 aliphatic rings. The normalized spacial score (nSPS) is 29.5. The zero-order chi connectivity index (χ0) is 9.19. The van der Waals surface area contributed by atoms with Crippen molar-refractivity contribution < 1.29 is 12.6 Å². The number of hydrogen-bond acceptors (Lipinski definition) is 3. The Hall–Kier alpha value is 0.130. The molecule has 0 bridgehead atoms. The topological polar surface area (TPSA) is 43.4 Å². The molecule has 0 saturated heterocycles. The Kier molecular flexibility index (Phi) is 3.31. The van der Waals surface area contributed by atoms with Crippen LogP contribution in [-0.4, -0.2) is 26.1 Å². The zero-order valence-electron chi connectivity index (χ0n) is 6.73. The predicted molar refractivity (Wildman–Crippen MR) is 50.8 cm³/mol. The van der Waals surface area contributed by atoms with Gasteiger partial charge in [-0.15, -0.1) is 0 Å². The zero-order valence-corrected chi connectivity index (χ0v) is 9.14. The first kappa shape index (κ1) is 10.2. The summed E-state index contributed by atoms with van der Waals surface area (Å²) in [6, 6.07) is 0. The second kappa shape index (κ2) is 3.89. The highest BCUT2D eigenvalue weighted by Gasteiger charge is 2.25. The van der Waals surface area contributed by atoms with Gasteiger partial charge in [0.1, 0.15) is 0 Å². The molecule has 0 aromatic rings. The van der Waals surface area contributed by atoms with Gasteiger partial charge in [0.15, 0.2) is 0 Å². The Morgan fingerprint density at radius 2 is 2.33 bits per heavy atom. The summed E-state index contributed by atoms with van der Waals surface area (Å²) in [5.41, 5.74) is 0. The molecule has 0 saturated carbocycles. The summed E-state index contributed by atoms with van der Waals surface area (Å²) in [5, 5.41) is 0.740. The van der Waals surface area contributed by atoms with E-state index in [1.54, 1.807) is 0 Å². The molecule has 0 spiro atoms. The molecule has 2 atom stereocenters. The Labute approximate surface area is 81.0 Å². The molecule has 0 heterocycles. The minimum absolute atomic E-state index is 0.180. The maximum absolute atomic E-state index is 10.8. The minimum atomic E-state index is -3.31. The van der Waals surface area contributed by atoms with E-state index >= 15 is 0 Å². The highest BCUT2D eigenvalue weighted by Crippen LogP contribution is 2.24. The van der Waals surface area contributed by atoms with Crippen LogP contribution in [0.25, 0.3) is 0 Å². The van der Waals surface area contributed by atoms with Gasteiger partial charge in [-0.2, -0.15) is 8.42 Å². The number of hydrogen-bond donors (Lipinski definition) is 0. The monoisotopic (exact) mass is 254 g/mol. The van der Waals surface area contributed by atoms with Gasteiger partial charge in [0.05, 0.1) is 12.4 Å². The molecule has 70 valence electrons. The van der Waals surface area contributed by atoms with Gasteiger partial charge in [-0.05, 0) is 6.42 Å². The van der Waals surface area contributed by atoms with Gasteiger partial charge in [-0.25, -0.2) is 0 Å². The van der Waals surface area contributed by atoms with Crippen molar-refractivity contribution in [2.24, 2.45) is 5.92 Å². The molecule has 0 aromatic heterocycles. The van der Waals surface area contributed by atoms with E-state index in [0.29, 0.717) is 6.42 Å². The van der Waals surface area contributed by atoms with Gasteiger partial charge in [0, 0.05) is 11.2 Å². The molecule has 12 heavy (non-hydrogen) atoms. The van der Waals surface area contributed by atoms with Crippen molar-refractivity contribution in [2.45, 2.75) is 12.5 Å². The lowest BCUT2D eigenvalue weighted by Gasteiger charge is -2.15. The molecule has 0 aliphatic heterocycles. The van der Waals surface area contributed by atoms with Gasteiger partial charge < -0.3 is 0 Å². The van der Waals surface area contributed by atoms with Crippen molar-refractivity contribution >= 4 is 26.0 Å². The fourth-order valence-electron chi connectivity index (χ4n) is 1.17. The summed E-state index contributed by atoms with van der Waals surface area (Å²) in [6.45, 7) is 0. The fourth-order valence-corrected chi connectivity index (χ4v) is 2.48. The van der Waals surface area contributed by atoms with Crippen molar-refractivity contribution in [3.63, 3.8) is 0 Å². The molecule has 0 radical (unpaired) electrons. The van der Waals surface area contributed by atoms with E-state index in [4.69, 9.17) is 4.18 Å². The average molecular weight is 255 g/mol. The summed E-state index contributed by atoms with van der Waals surface area (Å²) in [7, 11) is -3.31. The predicted octanol–water partition coefficient (Wildman–Crippen LogP) is 1.30. The van der Waals surface area contributed by atoms with Crippen LogP contribution in [0.1, 0.15) is 6.42 Å². The van der Waals surface area contributed by atoms with Crippen LogP contribution in [0, 0.1) is 5.92 Å². The van der Waals surface area contributed by atoms with Crippen LogP contribution in [0.15, 0.2) is 12.2 Å². The van der Waals surface area contributed by atoms with Crippen LogP contribution in [-0.2, 0) is 14.3 Å². The first-order valence-corrected chi connectivity index (χ1v) is 6.57. The SMILES string of the molecule is CS(=O)(=O)O[C@H]1CC=C[C@@H]1CBr. The van der Waals surface area contributed by atoms with E-state index in [1.165, 1.54) is 0 Å². The number of alkyl halides is 1. The van der Waals surface area contributed by atoms with E-state index in [-0.39, 0.29) is 12.0 Å². The molecule has 5 heteroatoms. The Morgan fingerprint density at radius 1 is 1.67 bits per heavy atom. The smallest absolute Gasteiger partial charge is 0.264 e. The molecule has 0 fully saturated rings. The van der Waals surface area contributed by atoms with Crippen molar-refractivity contribution in [1.82, 2.24) is 0 Å². The molecule has 0 N–H and O–H groups in total. The highest BCUT2D eigenvalue weighted by atomic mass is 79.9. The van der Waals surface area contributed by atoms with Crippen LogP contribution < -0.4 is 0 Å². The van der Waals surface area contributed by atoms with Gasteiger partial charge in [0.25, 0.3) is 10.1 Å². The van der Waals surface area contributed by atoms with Gasteiger partial charge in [-0.3, -0.25) is 4.18 Å². The first-order chi connectivity index (χ1) is 5.53. The highest BCUT2D eigenvalue weighted by molar-refractivity contribution is 9.09. The number of halogens is 1. The van der Waals surface area contributed by atoms with Crippen LogP contribution in [0.3, 0.4) is 0 Å². The maximum atomic E-state index is 10.8. The third-order valence-corrected chi connectivity index (χ3v) is 3.05. The molecular weight excluding hydrogens is 244 g/mol. The quantitative estimate of drug-likeness (QED) is 0.433. The number of rotatable bonds is 3. The largest absolute Gasteiger partial charge is 0.266 e. The van der Waals surface area contributed by atoms with Crippen molar-refractivity contribution in [1.29, 1.82) is 0 Å². The Bertz CT molecular complexity index is 270. The van der Waals surface area contributed by atoms with E-state index < -0.39 is 10.1 Å². The van der Waals surface area contributed by atoms with Crippen LogP contribution in [0.4, 0.5) is 0 Å². The van der Waals surface area contributed by atoms with Crippen molar-refractivity contribution in [3.05, 3.63) is 12.2 Å². The molecule has 0 unspecified atom stereocenters. The third kappa shape index (κ3) is 2.88. The summed E-state index contributed by atoms with van der Waals surface area (Å²) in [6.07, 6.45) is 5.48. The van der Waals surface area contributed by atoms with E-state index in [0.717, 1.165) is 11.6 Å². The van der Waals surface area contributed by atoms with E-state index in [2.05, 4.69) is 15.9 Å². The molecule has 0 aromatic carbocycles. The summed E-state index contributed by atoms with van der Waals surface area (Å²) < 4.78 is 26.4. The summed E-state index contributed by atoms with van der Waals surface area (Å²) in [5.74, 6) is 0.180. The Balaban J connectivity index is 2.55. The molecule has 1 rings (SSSR count). The summed E-state index contributed by atoms with van der Waals surface area (Å²) >= 11 is 3.30. The van der Waals surface area contributed by atoms with Crippen LogP contribution in [0.5, 0.6) is 0 Å². The lowest BCUT2D eigenvalue weighted by molar-refractivity contribution is 0.189. The molecule has 1 aliphatic carbocycles. The summed E-state index contributed by atoms with van der Waals surface area (Å²) in [4.78, 5) is 0. The fraction of sp³-hybridized carbons (Fsp3) is 0.714. The van der Waals surface area contributed by atoms with Crippen molar-refractivity contribution in [2.75, 3.05) is 11.6 Å². The molecule has 3 nitrogen and oxygen atoms in total. The third-order valence-electron chi connectivity index (χ3n) is 1.71. The minimum Gasteiger partial charge on any atom is -0.266 e. The molecule has 0 amide bonds. The van der Waals surface area contributed by atoms with Gasteiger partial charge >= 0.3 is 0 Å². The van der Waals surface area contributed by atoms with E-state index in [9.17, 15) is 8.42 Å².